The smallest absolute Gasteiger partial charge is 0.329 e. The second kappa shape index (κ2) is 7.11. The van der Waals surface area contributed by atoms with Crippen LogP contribution in [0.1, 0.15) is 19.4 Å². The predicted molar refractivity (Wildman–Crippen MR) is 75.5 cm³/mol. The molecule has 1 aromatic rings. The Labute approximate surface area is 121 Å². The molecule has 1 aromatic carbocycles. The highest BCUT2D eigenvalue weighted by molar-refractivity contribution is 6.36. The van der Waals surface area contributed by atoms with Gasteiger partial charge in [0.25, 0.3) is 0 Å². The van der Waals surface area contributed by atoms with E-state index in [-0.39, 0.29) is 6.04 Å². The normalized spacial score (nSPS) is 10.8. The molecule has 2 N–H and O–H groups in total. The van der Waals surface area contributed by atoms with Crippen molar-refractivity contribution < 1.29 is 9.59 Å². The number of carbonyl (C=O) groups is 2. The summed E-state index contributed by atoms with van der Waals surface area (Å²) in [6.45, 7) is 3.50. The van der Waals surface area contributed by atoms with Crippen molar-refractivity contribution in [2.24, 2.45) is 5.10 Å². The van der Waals surface area contributed by atoms with E-state index in [2.05, 4.69) is 15.8 Å². The first kappa shape index (κ1) is 15.5. The summed E-state index contributed by atoms with van der Waals surface area (Å²) in [7, 11) is 0. The summed E-state index contributed by atoms with van der Waals surface area (Å²) in [4.78, 5) is 22.6. The van der Waals surface area contributed by atoms with E-state index in [4.69, 9.17) is 23.2 Å². The number of hydrazone groups is 1. The Balaban J connectivity index is 2.58. The van der Waals surface area contributed by atoms with Gasteiger partial charge < -0.3 is 5.32 Å². The van der Waals surface area contributed by atoms with Crippen molar-refractivity contribution >= 4 is 41.2 Å². The molecule has 0 aliphatic heterocycles. The monoisotopic (exact) mass is 301 g/mol. The van der Waals surface area contributed by atoms with Crippen molar-refractivity contribution in [1.29, 1.82) is 0 Å². The first-order chi connectivity index (χ1) is 8.90. The van der Waals surface area contributed by atoms with Gasteiger partial charge in [-0.25, -0.2) is 5.43 Å². The number of amides is 2. The fraction of sp³-hybridized carbons (Fsp3) is 0.250. The molecule has 0 saturated carbocycles. The summed E-state index contributed by atoms with van der Waals surface area (Å²) in [6.07, 6.45) is 1.33. The highest BCUT2D eigenvalue weighted by atomic mass is 35.5. The van der Waals surface area contributed by atoms with E-state index < -0.39 is 11.8 Å². The van der Waals surface area contributed by atoms with Gasteiger partial charge in [-0.3, -0.25) is 9.59 Å². The third-order valence-corrected chi connectivity index (χ3v) is 2.52. The first-order valence-electron chi connectivity index (χ1n) is 5.49. The number of hydrogen-bond donors (Lipinski definition) is 2. The predicted octanol–water partition coefficient (Wildman–Crippen LogP) is 1.97. The van der Waals surface area contributed by atoms with Gasteiger partial charge in [0.05, 0.1) is 11.2 Å². The maximum atomic E-state index is 11.3. The third kappa shape index (κ3) is 5.28. The van der Waals surface area contributed by atoms with Crippen LogP contribution in [0.3, 0.4) is 0 Å². The van der Waals surface area contributed by atoms with Gasteiger partial charge in [-0.2, -0.15) is 5.10 Å². The van der Waals surface area contributed by atoms with Crippen LogP contribution >= 0.6 is 23.2 Å². The van der Waals surface area contributed by atoms with Gasteiger partial charge in [-0.05, 0) is 26.0 Å². The van der Waals surface area contributed by atoms with Crippen LogP contribution in [0.5, 0.6) is 0 Å². The summed E-state index contributed by atoms with van der Waals surface area (Å²) >= 11 is 11.6. The zero-order valence-electron chi connectivity index (χ0n) is 10.4. The molecule has 5 nitrogen and oxygen atoms in total. The molecular weight excluding hydrogens is 289 g/mol. The number of rotatable bonds is 3. The van der Waals surface area contributed by atoms with E-state index in [0.717, 1.165) is 0 Å². The van der Waals surface area contributed by atoms with Crippen molar-refractivity contribution in [2.45, 2.75) is 19.9 Å². The van der Waals surface area contributed by atoms with Gasteiger partial charge in [0.2, 0.25) is 0 Å². The Morgan fingerprint density at radius 3 is 2.53 bits per heavy atom. The van der Waals surface area contributed by atoms with Crippen molar-refractivity contribution in [1.82, 2.24) is 10.7 Å². The zero-order valence-corrected chi connectivity index (χ0v) is 11.9. The summed E-state index contributed by atoms with van der Waals surface area (Å²) in [5.74, 6) is -1.58. The Bertz CT molecular complexity index is 516. The molecule has 19 heavy (non-hydrogen) atoms. The van der Waals surface area contributed by atoms with Crippen molar-refractivity contribution in [2.75, 3.05) is 0 Å². The topological polar surface area (TPSA) is 70.6 Å². The lowest BCUT2D eigenvalue weighted by Crippen LogP contribution is -2.41. The summed E-state index contributed by atoms with van der Waals surface area (Å²) < 4.78 is 0. The number of carbonyl (C=O) groups excluding carboxylic acids is 2. The minimum Gasteiger partial charge on any atom is -0.346 e. The van der Waals surface area contributed by atoms with Gasteiger partial charge in [0.15, 0.2) is 0 Å². The molecule has 102 valence electrons. The van der Waals surface area contributed by atoms with Gasteiger partial charge >= 0.3 is 11.8 Å². The van der Waals surface area contributed by atoms with Crippen LogP contribution in [0.4, 0.5) is 0 Å². The molecule has 0 atom stereocenters. The third-order valence-electron chi connectivity index (χ3n) is 1.96. The highest BCUT2D eigenvalue weighted by Gasteiger charge is 2.12. The van der Waals surface area contributed by atoms with E-state index in [1.54, 1.807) is 32.0 Å². The minimum absolute atomic E-state index is 0.118. The Morgan fingerprint density at radius 2 is 1.95 bits per heavy atom. The van der Waals surface area contributed by atoms with Gasteiger partial charge in [-0.1, -0.05) is 29.3 Å². The van der Waals surface area contributed by atoms with E-state index in [9.17, 15) is 9.59 Å². The lowest BCUT2D eigenvalue weighted by Gasteiger charge is -2.06. The molecular formula is C12H13Cl2N3O2. The van der Waals surface area contributed by atoms with Gasteiger partial charge in [0, 0.05) is 16.6 Å². The Kier molecular flexibility index (Phi) is 5.79. The Morgan fingerprint density at radius 1 is 1.26 bits per heavy atom. The van der Waals surface area contributed by atoms with Gasteiger partial charge in [0.1, 0.15) is 0 Å². The highest BCUT2D eigenvalue weighted by Crippen LogP contribution is 2.19. The van der Waals surface area contributed by atoms with Crippen LogP contribution < -0.4 is 10.7 Å². The van der Waals surface area contributed by atoms with Crippen molar-refractivity contribution in [3.05, 3.63) is 33.8 Å². The summed E-state index contributed by atoms with van der Waals surface area (Å²) in [6, 6.07) is 4.72. The van der Waals surface area contributed by atoms with Crippen LogP contribution in [0, 0.1) is 0 Å². The number of nitrogens with one attached hydrogen (secondary N) is 2. The standard InChI is InChI=1S/C12H13Cl2N3O2/c1-7(2)16-11(18)12(19)17-15-6-8-3-4-9(13)5-10(8)14/h3-7H,1-2H3,(H,16,18)(H,17,19). The molecule has 0 aliphatic rings. The van der Waals surface area contributed by atoms with E-state index in [1.165, 1.54) is 6.21 Å². The number of hydrogen-bond acceptors (Lipinski definition) is 3. The maximum Gasteiger partial charge on any atom is 0.329 e. The van der Waals surface area contributed by atoms with E-state index >= 15 is 0 Å². The van der Waals surface area contributed by atoms with Crippen LogP contribution in [0.25, 0.3) is 0 Å². The maximum absolute atomic E-state index is 11.3. The second-order valence-electron chi connectivity index (χ2n) is 3.99. The fourth-order valence-corrected chi connectivity index (χ4v) is 1.60. The molecule has 1 rings (SSSR count). The van der Waals surface area contributed by atoms with Gasteiger partial charge in [-0.15, -0.1) is 0 Å². The Hall–Kier alpha value is -1.59. The van der Waals surface area contributed by atoms with Crippen LogP contribution in [-0.2, 0) is 9.59 Å². The SMILES string of the molecule is CC(C)NC(=O)C(=O)NN=Cc1ccc(Cl)cc1Cl. The van der Waals surface area contributed by atoms with Crippen LogP contribution in [-0.4, -0.2) is 24.1 Å². The molecule has 7 heteroatoms. The molecule has 0 unspecified atom stereocenters. The molecule has 0 saturated heterocycles. The average Bonchev–Trinajstić information content (AvgIpc) is 2.30. The molecule has 0 radical (unpaired) electrons. The lowest BCUT2D eigenvalue weighted by molar-refractivity contribution is -0.139. The van der Waals surface area contributed by atoms with Crippen LogP contribution in [0.15, 0.2) is 23.3 Å². The number of nitrogens with zero attached hydrogens (tertiary/aromatic N) is 1. The molecule has 2 amide bonds. The largest absolute Gasteiger partial charge is 0.346 e. The zero-order chi connectivity index (χ0) is 14.4. The minimum atomic E-state index is -0.838. The molecule has 0 heterocycles. The molecule has 0 aliphatic carbocycles. The van der Waals surface area contributed by atoms with Crippen LogP contribution in [0.2, 0.25) is 10.0 Å². The lowest BCUT2D eigenvalue weighted by atomic mass is 10.2. The average molecular weight is 302 g/mol. The first-order valence-corrected chi connectivity index (χ1v) is 6.24. The summed E-state index contributed by atoms with van der Waals surface area (Å²) in [5, 5.41) is 6.99. The molecule has 0 bridgehead atoms. The number of halogens is 2. The molecule has 0 spiro atoms. The molecule has 0 aromatic heterocycles. The second-order valence-corrected chi connectivity index (χ2v) is 4.84. The summed E-state index contributed by atoms with van der Waals surface area (Å²) in [5.41, 5.74) is 2.68. The van der Waals surface area contributed by atoms with E-state index in [1.807, 2.05) is 0 Å². The molecule has 0 fully saturated rings. The van der Waals surface area contributed by atoms with Crippen molar-refractivity contribution in [3.63, 3.8) is 0 Å². The van der Waals surface area contributed by atoms with E-state index in [0.29, 0.717) is 15.6 Å². The fourth-order valence-electron chi connectivity index (χ4n) is 1.15. The van der Waals surface area contributed by atoms with Crippen molar-refractivity contribution in [3.8, 4) is 0 Å². The number of benzene rings is 1. The quantitative estimate of drug-likeness (QED) is 0.509.